The summed E-state index contributed by atoms with van der Waals surface area (Å²) in [5, 5.41) is 5.01. The molecule has 1 spiro atoms. The summed E-state index contributed by atoms with van der Waals surface area (Å²) < 4.78 is 13.5. The number of benzene rings is 1. The highest BCUT2D eigenvalue weighted by Gasteiger charge is 2.50. The smallest absolute Gasteiger partial charge is 0.169 e. The summed E-state index contributed by atoms with van der Waals surface area (Å²) in [6.07, 6.45) is 4.39. The molecule has 142 valence electrons. The van der Waals surface area contributed by atoms with Gasteiger partial charge in [0.15, 0.2) is 5.79 Å². The molecule has 1 aromatic heterocycles. The van der Waals surface area contributed by atoms with Crippen molar-refractivity contribution in [2.24, 2.45) is 13.0 Å². The van der Waals surface area contributed by atoms with Crippen LogP contribution in [0.2, 0.25) is 5.02 Å². The largest absolute Gasteiger partial charge is 0.355 e. The van der Waals surface area contributed by atoms with E-state index in [1.54, 1.807) is 6.20 Å². The lowest BCUT2D eigenvalue weighted by Gasteiger charge is -2.45. The average Bonchev–Trinajstić information content (AvgIpc) is 3.31. The van der Waals surface area contributed by atoms with Gasteiger partial charge in [-0.3, -0.25) is 4.68 Å². The molecule has 1 aliphatic carbocycles. The normalized spacial score (nSPS) is 23.9. The minimum Gasteiger partial charge on any atom is -0.355 e. The Balaban J connectivity index is 1.40. The minimum atomic E-state index is -0.320. The molecule has 1 atom stereocenters. The van der Waals surface area contributed by atoms with Crippen molar-refractivity contribution < 1.29 is 9.47 Å². The summed E-state index contributed by atoms with van der Waals surface area (Å²) in [6, 6.07) is 8.63. The number of ether oxygens (including phenoxy) is 2. The number of fused-ring (bicyclic) bond motifs is 1. The third kappa shape index (κ3) is 2.90. The topological polar surface area (TPSA) is 39.5 Å². The third-order valence-corrected chi connectivity index (χ3v) is 6.82. The maximum Gasteiger partial charge on any atom is 0.169 e. The summed E-state index contributed by atoms with van der Waals surface area (Å²) in [5.41, 5.74) is 3.49. The van der Waals surface area contributed by atoms with Crippen LogP contribution in [0, 0.1) is 5.92 Å². The van der Waals surface area contributed by atoms with Crippen LogP contribution in [-0.4, -0.2) is 45.2 Å². The molecule has 1 aromatic carbocycles. The first kappa shape index (κ1) is 17.6. The molecule has 2 fully saturated rings. The molecule has 0 amide bonds. The molecule has 27 heavy (non-hydrogen) atoms. The molecule has 5 nitrogen and oxygen atoms in total. The third-order valence-electron chi connectivity index (χ3n) is 6.05. The van der Waals surface area contributed by atoms with Gasteiger partial charge in [0, 0.05) is 38.4 Å². The molecule has 5 rings (SSSR count). The zero-order chi connectivity index (χ0) is 18.6. The first-order chi connectivity index (χ1) is 13.1. The molecule has 3 heterocycles. The molecule has 2 aromatic rings. The molecule has 0 bridgehead atoms. The maximum atomic E-state index is 6.39. The average molecular weight is 404 g/mol. The molecule has 1 saturated carbocycles. The van der Waals surface area contributed by atoms with Gasteiger partial charge in [-0.05, 0) is 11.5 Å². The second kappa shape index (κ2) is 6.55. The van der Waals surface area contributed by atoms with E-state index >= 15 is 0 Å². The van der Waals surface area contributed by atoms with Gasteiger partial charge in [0.05, 0.1) is 36.2 Å². The van der Waals surface area contributed by atoms with E-state index in [9.17, 15) is 0 Å². The highest BCUT2D eigenvalue weighted by Crippen LogP contribution is 2.47. The first-order valence-electron chi connectivity index (χ1n) is 9.40. The molecular weight excluding hydrogens is 382 g/mol. The Labute approximate surface area is 169 Å². The number of rotatable bonds is 4. The van der Waals surface area contributed by atoms with Gasteiger partial charge in [-0.15, -0.1) is 0 Å². The van der Waals surface area contributed by atoms with Crippen molar-refractivity contribution in [3.05, 3.63) is 52.3 Å². The Kier molecular flexibility index (Phi) is 4.27. The Morgan fingerprint density at radius 3 is 2.70 bits per heavy atom. The minimum absolute atomic E-state index is 0.184. The molecule has 1 saturated heterocycles. The predicted octanol–water partition coefficient (Wildman–Crippen LogP) is 3.50. The first-order valence-corrected chi connectivity index (χ1v) is 10.2. The van der Waals surface area contributed by atoms with Crippen LogP contribution in [0.25, 0.3) is 0 Å². The van der Waals surface area contributed by atoms with E-state index in [-0.39, 0.29) is 11.8 Å². The van der Waals surface area contributed by atoms with Crippen molar-refractivity contribution in [2.75, 3.05) is 19.8 Å². The van der Waals surface area contributed by atoms with Crippen molar-refractivity contribution >= 4 is 28.8 Å². The molecule has 0 N–H and O–H groups in total. The summed E-state index contributed by atoms with van der Waals surface area (Å²) in [6.45, 7) is 2.34. The van der Waals surface area contributed by atoms with Gasteiger partial charge in [0.25, 0.3) is 0 Å². The second-order valence-electron chi connectivity index (χ2n) is 7.71. The van der Waals surface area contributed by atoms with Crippen molar-refractivity contribution in [1.82, 2.24) is 14.7 Å². The highest BCUT2D eigenvalue weighted by atomic mass is 35.5. The van der Waals surface area contributed by atoms with E-state index in [2.05, 4.69) is 34.3 Å². The number of hydrogen-bond donors (Lipinski definition) is 0. The van der Waals surface area contributed by atoms with Crippen LogP contribution in [0.5, 0.6) is 0 Å². The summed E-state index contributed by atoms with van der Waals surface area (Å²) in [7, 11) is 1.94. The number of nitrogens with zero attached hydrogens (tertiary/aromatic N) is 3. The van der Waals surface area contributed by atoms with Crippen LogP contribution >= 0.6 is 23.8 Å². The maximum absolute atomic E-state index is 6.39. The van der Waals surface area contributed by atoms with E-state index in [0.717, 1.165) is 42.1 Å². The monoisotopic (exact) mass is 403 g/mol. The van der Waals surface area contributed by atoms with E-state index in [0.29, 0.717) is 24.2 Å². The van der Waals surface area contributed by atoms with Gasteiger partial charge in [-0.25, -0.2) is 0 Å². The zero-order valence-electron chi connectivity index (χ0n) is 15.2. The number of aromatic nitrogens is 2. The van der Waals surface area contributed by atoms with Crippen molar-refractivity contribution in [1.29, 1.82) is 0 Å². The van der Waals surface area contributed by atoms with E-state index in [1.807, 2.05) is 11.7 Å². The van der Waals surface area contributed by atoms with Gasteiger partial charge in [0.1, 0.15) is 4.99 Å². The lowest BCUT2D eigenvalue weighted by molar-refractivity contribution is -0.231. The fraction of sp³-hybridized carbons (Fsp3) is 0.500. The summed E-state index contributed by atoms with van der Waals surface area (Å²) >= 11 is 12.3. The quantitative estimate of drug-likeness (QED) is 0.730. The number of aryl methyl sites for hydroxylation is 1. The molecule has 1 unspecified atom stereocenters. The second-order valence-corrected chi connectivity index (χ2v) is 8.50. The van der Waals surface area contributed by atoms with Crippen molar-refractivity contribution in [3.63, 3.8) is 0 Å². The fourth-order valence-corrected chi connectivity index (χ4v) is 5.32. The van der Waals surface area contributed by atoms with Crippen LogP contribution in [0.1, 0.15) is 35.7 Å². The number of hydrogen-bond acceptors (Lipinski definition) is 4. The summed E-state index contributed by atoms with van der Waals surface area (Å²) in [4.78, 5) is 3.30. The molecule has 0 radical (unpaired) electrons. The Bertz CT molecular complexity index is 866. The van der Waals surface area contributed by atoms with Gasteiger partial charge < -0.3 is 14.4 Å². The molecule has 7 heteroatoms. The lowest BCUT2D eigenvalue weighted by atomic mass is 9.78. The molecule has 2 aliphatic heterocycles. The summed E-state index contributed by atoms with van der Waals surface area (Å²) in [5.74, 6) is 0.208. The predicted molar refractivity (Wildman–Crippen MR) is 107 cm³/mol. The highest BCUT2D eigenvalue weighted by molar-refractivity contribution is 7.80. The molecular formula is C20H22ClN3O2S. The number of halogens is 1. The van der Waals surface area contributed by atoms with E-state index in [4.69, 9.17) is 33.3 Å². The SMILES string of the molecule is Cn1ncc(Cl)c1CC1c2ccccc2C(=S)N1CC1CC2(C1)OCCO2. The standard InChI is InChI=1S/C20H22ClN3O2S/c1-23-18(16(21)11-22-23)8-17-14-4-2-3-5-15(14)19(27)24(17)12-13-9-20(10-13)25-6-7-26-20/h2-5,11,13,17H,6-10,12H2,1H3. The van der Waals surface area contributed by atoms with Crippen LogP contribution < -0.4 is 0 Å². The van der Waals surface area contributed by atoms with Crippen molar-refractivity contribution in [2.45, 2.75) is 31.1 Å². The fourth-order valence-electron chi connectivity index (χ4n) is 4.69. The van der Waals surface area contributed by atoms with Crippen LogP contribution in [0.3, 0.4) is 0 Å². The molecule has 3 aliphatic rings. The lowest BCUT2D eigenvalue weighted by Crippen LogP contribution is -2.49. The number of thiocarbonyl (C=S) groups is 1. The van der Waals surface area contributed by atoms with Crippen LogP contribution in [-0.2, 0) is 22.9 Å². The van der Waals surface area contributed by atoms with E-state index < -0.39 is 0 Å². The van der Waals surface area contributed by atoms with Crippen LogP contribution in [0.15, 0.2) is 30.5 Å². The van der Waals surface area contributed by atoms with Gasteiger partial charge >= 0.3 is 0 Å². The van der Waals surface area contributed by atoms with E-state index in [1.165, 1.54) is 5.56 Å². The Morgan fingerprint density at radius 2 is 2.00 bits per heavy atom. The van der Waals surface area contributed by atoms with Gasteiger partial charge in [-0.2, -0.15) is 5.10 Å². The van der Waals surface area contributed by atoms with Gasteiger partial charge in [0.2, 0.25) is 0 Å². The van der Waals surface area contributed by atoms with Gasteiger partial charge in [-0.1, -0.05) is 48.1 Å². The van der Waals surface area contributed by atoms with Crippen LogP contribution in [0.4, 0.5) is 0 Å². The Morgan fingerprint density at radius 1 is 1.26 bits per heavy atom. The van der Waals surface area contributed by atoms with Crippen molar-refractivity contribution in [3.8, 4) is 0 Å². The zero-order valence-corrected chi connectivity index (χ0v) is 16.8. The Hall–Kier alpha value is -1.47.